The summed E-state index contributed by atoms with van der Waals surface area (Å²) in [6.07, 6.45) is 1.60. The minimum Gasteiger partial charge on any atom is -0.463 e. The number of hydrogen-bond acceptors (Lipinski definition) is 6. The van der Waals surface area contributed by atoms with Crippen LogP contribution in [0.25, 0.3) is 11.1 Å². The Balaban J connectivity index is 1.62. The molecule has 0 fully saturated rings. The highest BCUT2D eigenvalue weighted by atomic mass is 32.1. The lowest BCUT2D eigenvalue weighted by molar-refractivity contribution is 0.0531. The molecular weight excluding hydrogens is 402 g/mol. The highest BCUT2D eigenvalue weighted by molar-refractivity contribution is 7.17. The van der Waals surface area contributed by atoms with Crippen LogP contribution in [0.3, 0.4) is 0 Å². The number of benzene rings is 1. The molecule has 4 aromatic rings. The summed E-state index contributed by atoms with van der Waals surface area (Å²) < 4.78 is 12.4. The average Bonchev–Trinajstić information content (AvgIpc) is 3.39. The molecule has 0 aliphatic rings. The minimum atomic E-state index is -0.437. The van der Waals surface area contributed by atoms with E-state index in [2.05, 4.69) is 10.3 Å². The van der Waals surface area contributed by atoms with Crippen molar-refractivity contribution in [1.29, 1.82) is 0 Å². The van der Waals surface area contributed by atoms with Crippen molar-refractivity contribution in [2.45, 2.75) is 27.3 Å². The number of aryl methyl sites for hydroxylation is 2. The molecule has 0 atom stereocenters. The van der Waals surface area contributed by atoms with Gasteiger partial charge in [0.1, 0.15) is 10.6 Å². The summed E-state index contributed by atoms with van der Waals surface area (Å²) in [6, 6.07) is 11.7. The van der Waals surface area contributed by atoms with Gasteiger partial charge in [0, 0.05) is 18.7 Å². The Hall–Kier alpha value is -3.39. The van der Waals surface area contributed by atoms with Crippen LogP contribution >= 0.6 is 11.3 Å². The van der Waals surface area contributed by atoms with Crippen molar-refractivity contribution < 1.29 is 18.7 Å². The molecule has 1 amide bonds. The molecule has 0 bridgehead atoms. The van der Waals surface area contributed by atoms with E-state index >= 15 is 0 Å². The number of amides is 1. The molecule has 7 nitrogen and oxygen atoms in total. The van der Waals surface area contributed by atoms with Crippen LogP contribution in [0.15, 0.2) is 47.1 Å². The van der Waals surface area contributed by atoms with Crippen LogP contribution in [0.1, 0.15) is 43.9 Å². The van der Waals surface area contributed by atoms with E-state index in [4.69, 9.17) is 9.15 Å². The maximum atomic E-state index is 13.0. The quantitative estimate of drug-likeness (QED) is 0.451. The molecular formula is C22H21N3O4S. The SMILES string of the molecule is CCOC(=O)c1sc(NC(=O)c2cc3occc3n2Cc2ccc(C)cc2)nc1C. The number of carbonyl (C=O) groups excluding carboxylic acids is 2. The molecule has 0 aliphatic heterocycles. The zero-order chi connectivity index (χ0) is 21.3. The Bertz CT molecular complexity index is 1220. The van der Waals surface area contributed by atoms with E-state index in [9.17, 15) is 9.59 Å². The van der Waals surface area contributed by atoms with Gasteiger partial charge >= 0.3 is 5.97 Å². The van der Waals surface area contributed by atoms with Crippen molar-refractivity contribution in [2.75, 3.05) is 11.9 Å². The van der Waals surface area contributed by atoms with Crippen molar-refractivity contribution in [3.8, 4) is 0 Å². The van der Waals surface area contributed by atoms with E-state index in [0.29, 0.717) is 33.5 Å². The zero-order valence-electron chi connectivity index (χ0n) is 16.9. The Morgan fingerprint density at radius 3 is 2.70 bits per heavy atom. The van der Waals surface area contributed by atoms with Gasteiger partial charge in [-0.15, -0.1) is 0 Å². The topological polar surface area (TPSA) is 86.4 Å². The van der Waals surface area contributed by atoms with Crippen LogP contribution in [0.5, 0.6) is 0 Å². The van der Waals surface area contributed by atoms with Crippen molar-refractivity contribution in [2.24, 2.45) is 0 Å². The molecule has 4 rings (SSSR count). The maximum absolute atomic E-state index is 13.0. The molecule has 3 aromatic heterocycles. The second-order valence-electron chi connectivity index (χ2n) is 6.88. The van der Waals surface area contributed by atoms with Crippen LogP contribution < -0.4 is 5.32 Å². The van der Waals surface area contributed by atoms with Crippen LogP contribution in [0, 0.1) is 13.8 Å². The van der Waals surface area contributed by atoms with Gasteiger partial charge in [-0.3, -0.25) is 10.1 Å². The third-order valence-electron chi connectivity index (χ3n) is 4.69. The molecule has 0 aliphatic carbocycles. The van der Waals surface area contributed by atoms with Crippen molar-refractivity contribution in [1.82, 2.24) is 9.55 Å². The van der Waals surface area contributed by atoms with Gasteiger partial charge < -0.3 is 13.7 Å². The van der Waals surface area contributed by atoms with Gasteiger partial charge in [0.25, 0.3) is 5.91 Å². The lowest BCUT2D eigenvalue weighted by Gasteiger charge is -2.10. The molecule has 0 unspecified atom stereocenters. The molecule has 0 saturated carbocycles. The fourth-order valence-electron chi connectivity index (χ4n) is 3.21. The first-order valence-corrected chi connectivity index (χ1v) is 10.4. The third kappa shape index (κ3) is 3.86. The van der Waals surface area contributed by atoms with Gasteiger partial charge in [0.05, 0.1) is 24.1 Å². The molecule has 154 valence electrons. The van der Waals surface area contributed by atoms with E-state index < -0.39 is 5.97 Å². The molecule has 3 heterocycles. The second kappa shape index (κ2) is 8.16. The number of anilines is 1. The van der Waals surface area contributed by atoms with E-state index in [1.54, 1.807) is 26.2 Å². The molecule has 0 spiro atoms. The number of carbonyl (C=O) groups is 2. The van der Waals surface area contributed by atoms with Crippen molar-refractivity contribution >= 4 is 39.4 Å². The van der Waals surface area contributed by atoms with Gasteiger partial charge in [-0.25, -0.2) is 9.78 Å². The molecule has 8 heteroatoms. The molecule has 1 aromatic carbocycles. The summed E-state index contributed by atoms with van der Waals surface area (Å²) in [7, 11) is 0. The number of nitrogens with zero attached hydrogens (tertiary/aromatic N) is 2. The van der Waals surface area contributed by atoms with E-state index in [1.165, 1.54) is 5.56 Å². The van der Waals surface area contributed by atoms with Gasteiger partial charge in [-0.1, -0.05) is 41.2 Å². The summed E-state index contributed by atoms with van der Waals surface area (Å²) >= 11 is 1.10. The summed E-state index contributed by atoms with van der Waals surface area (Å²) in [5.41, 5.74) is 4.70. The monoisotopic (exact) mass is 423 g/mol. The van der Waals surface area contributed by atoms with Gasteiger partial charge in [-0.2, -0.15) is 0 Å². The number of esters is 1. The number of ether oxygens (including phenoxy) is 1. The Kier molecular flexibility index (Phi) is 5.41. The summed E-state index contributed by atoms with van der Waals surface area (Å²) in [5.74, 6) is -0.758. The van der Waals surface area contributed by atoms with Gasteiger partial charge in [0.15, 0.2) is 10.7 Å². The van der Waals surface area contributed by atoms with Crippen LogP contribution in [0.2, 0.25) is 0 Å². The zero-order valence-corrected chi connectivity index (χ0v) is 17.7. The normalized spacial score (nSPS) is 11.0. The molecule has 1 N–H and O–H groups in total. The largest absolute Gasteiger partial charge is 0.463 e. The number of rotatable bonds is 6. The first-order chi connectivity index (χ1) is 14.5. The molecule has 30 heavy (non-hydrogen) atoms. The van der Waals surface area contributed by atoms with Crippen LogP contribution in [0.4, 0.5) is 5.13 Å². The fraction of sp³-hybridized carbons (Fsp3) is 0.227. The summed E-state index contributed by atoms with van der Waals surface area (Å²) in [4.78, 5) is 29.7. The fourth-order valence-corrected chi connectivity index (χ4v) is 4.06. The van der Waals surface area contributed by atoms with Crippen LogP contribution in [-0.2, 0) is 11.3 Å². The number of hydrogen-bond donors (Lipinski definition) is 1. The highest BCUT2D eigenvalue weighted by Gasteiger charge is 2.21. The summed E-state index contributed by atoms with van der Waals surface area (Å²) in [6.45, 7) is 6.30. The molecule has 0 radical (unpaired) electrons. The number of fused-ring (bicyclic) bond motifs is 1. The first-order valence-electron chi connectivity index (χ1n) is 9.54. The second-order valence-corrected chi connectivity index (χ2v) is 7.88. The lowest BCUT2D eigenvalue weighted by atomic mass is 10.1. The Labute approximate surface area is 177 Å². The van der Waals surface area contributed by atoms with E-state index in [0.717, 1.165) is 22.4 Å². The first kappa shape index (κ1) is 19.9. The smallest absolute Gasteiger partial charge is 0.350 e. The van der Waals surface area contributed by atoms with Crippen molar-refractivity contribution in [3.63, 3.8) is 0 Å². The number of nitrogens with one attached hydrogen (secondary N) is 1. The number of aromatic nitrogens is 2. The Morgan fingerprint density at radius 2 is 1.97 bits per heavy atom. The maximum Gasteiger partial charge on any atom is 0.350 e. The Morgan fingerprint density at radius 1 is 1.20 bits per heavy atom. The predicted octanol–water partition coefficient (Wildman–Crippen LogP) is 4.78. The number of thiazole rings is 1. The highest BCUT2D eigenvalue weighted by Crippen LogP contribution is 2.26. The predicted molar refractivity (Wildman–Crippen MR) is 115 cm³/mol. The van der Waals surface area contributed by atoms with E-state index in [1.807, 2.05) is 41.8 Å². The molecule has 0 saturated heterocycles. The lowest BCUT2D eigenvalue weighted by Crippen LogP contribution is -2.17. The average molecular weight is 423 g/mol. The standard InChI is InChI=1S/C22H21N3O4S/c1-4-28-21(27)19-14(3)23-22(30-19)24-20(26)17-11-18-16(9-10-29-18)25(17)12-15-7-5-13(2)6-8-15/h5-11H,4,12H2,1-3H3,(H,23,24,26). The van der Waals surface area contributed by atoms with Gasteiger partial charge in [-0.05, 0) is 26.3 Å². The van der Waals surface area contributed by atoms with E-state index in [-0.39, 0.29) is 12.5 Å². The van der Waals surface area contributed by atoms with Crippen molar-refractivity contribution in [3.05, 3.63) is 70.1 Å². The number of furan rings is 1. The third-order valence-corrected chi connectivity index (χ3v) is 5.75. The minimum absolute atomic E-state index is 0.281. The van der Waals surface area contributed by atoms with Crippen LogP contribution in [-0.4, -0.2) is 28.0 Å². The van der Waals surface area contributed by atoms with Gasteiger partial charge in [0.2, 0.25) is 0 Å². The summed E-state index contributed by atoms with van der Waals surface area (Å²) in [5, 5.41) is 3.15.